The number of thioether (sulfide) groups is 2. The number of carbonyl (C=O) groups is 2. The zero-order chi connectivity index (χ0) is 17.8. The third-order valence-electron chi connectivity index (χ3n) is 4.09. The first-order valence-electron chi connectivity index (χ1n) is 8.33. The van der Waals surface area contributed by atoms with Crippen LogP contribution in [-0.2, 0) is 4.79 Å². The lowest BCUT2D eigenvalue weighted by Crippen LogP contribution is -2.20. The van der Waals surface area contributed by atoms with Crippen molar-refractivity contribution >= 4 is 35.1 Å². The summed E-state index contributed by atoms with van der Waals surface area (Å²) in [5.74, 6) is 0.632. The minimum Gasteiger partial charge on any atom is -0.294 e. The number of aryl methyl sites for hydroxylation is 1. The molecule has 0 N–H and O–H groups in total. The first kappa shape index (κ1) is 18.0. The number of allylic oxidation sites excluding steroid dienone is 1. The van der Waals surface area contributed by atoms with Crippen LogP contribution in [0.15, 0.2) is 64.4 Å². The van der Waals surface area contributed by atoms with Crippen molar-refractivity contribution in [3.8, 4) is 0 Å². The molecule has 0 spiro atoms. The van der Waals surface area contributed by atoms with E-state index < -0.39 is 0 Å². The Hall–Kier alpha value is -1.78. The van der Waals surface area contributed by atoms with Gasteiger partial charge in [-0.3, -0.25) is 9.59 Å². The van der Waals surface area contributed by atoms with Gasteiger partial charge in [0.1, 0.15) is 0 Å². The first-order valence-corrected chi connectivity index (χ1v) is 10.2. The van der Waals surface area contributed by atoms with Crippen LogP contribution >= 0.6 is 23.5 Å². The maximum Gasteiger partial charge on any atom is 0.198 e. The van der Waals surface area contributed by atoms with Crippen LogP contribution in [0.5, 0.6) is 0 Å². The summed E-state index contributed by atoms with van der Waals surface area (Å²) >= 11 is 3.24. The fourth-order valence-electron chi connectivity index (χ4n) is 2.77. The van der Waals surface area contributed by atoms with Crippen molar-refractivity contribution in [3.05, 3.63) is 81.1 Å². The van der Waals surface area contributed by atoms with Crippen LogP contribution in [0.25, 0.3) is 0 Å². The van der Waals surface area contributed by atoms with Gasteiger partial charge in [0.15, 0.2) is 11.6 Å². The summed E-state index contributed by atoms with van der Waals surface area (Å²) in [5, 5.41) is 0.0782. The molecule has 0 saturated carbocycles. The fourth-order valence-corrected chi connectivity index (χ4v) is 5.47. The molecule has 2 aromatic rings. The molecular weight excluding hydrogens is 348 g/mol. The van der Waals surface area contributed by atoms with E-state index in [-0.39, 0.29) is 16.8 Å². The minimum atomic E-state index is -0.156. The number of rotatable bonds is 5. The SMILES string of the molecule is CCSC1=C(C(=O)c2ccccc2)C(=O)C[C@@H](c2ccc(C)cc2)S1. The second-order valence-electron chi connectivity index (χ2n) is 5.94. The van der Waals surface area contributed by atoms with Crippen LogP contribution in [0, 0.1) is 6.92 Å². The number of ketones is 2. The average molecular weight is 369 g/mol. The molecular formula is C21H20O2S2. The lowest BCUT2D eigenvalue weighted by Gasteiger charge is -2.25. The lowest BCUT2D eigenvalue weighted by atomic mass is 9.96. The number of carbonyl (C=O) groups excluding carboxylic acids is 2. The van der Waals surface area contributed by atoms with E-state index >= 15 is 0 Å². The summed E-state index contributed by atoms with van der Waals surface area (Å²) in [7, 11) is 0. The van der Waals surface area contributed by atoms with E-state index in [2.05, 4.69) is 31.2 Å². The summed E-state index contributed by atoms with van der Waals surface area (Å²) < 4.78 is 0.859. The summed E-state index contributed by atoms with van der Waals surface area (Å²) in [6.45, 7) is 4.10. The van der Waals surface area contributed by atoms with E-state index in [1.165, 1.54) is 5.56 Å². The number of hydrogen-bond acceptors (Lipinski definition) is 4. The highest BCUT2D eigenvalue weighted by molar-refractivity contribution is 8.22. The summed E-state index contributed by atoms with van der Waals surface area (Å²) in [4.78, 5) is 25.7. The van der Waals surface area contributed by atoms with E-state index in [1.54, 1.807) is 35.7 Å². The summed E-state index contributed by atoms with van der Waals surface area (Å²) in [6, 6.07) is 17.4. The standard InChI is InChI=1S/C21H20O2S2/c1-3-24-21-19(20(23)16-7-5-4-6-8-16)17(22)13-18(25-21)15-11-9-14(2)10-12-15/h4-12,18H,3,13H2,1-2H3/t18-/m0/s1. The van der Waals surface area contributed by atoms with Crippen molar-refractivity contribution in [1.29, 1.82) is 0 Å². The second-order valence-corrected chi connectivity index (χ2v) is 8.68. The van der Waals surface area contributed by atoms with Crippen molar-refractivity contribution in [2.24, 2.45) is 0 Å². The molecule has 0 saturated heterocycles. The predicted molar refractivity (Wildman–Crippen MR) is 107 cm³/mol. The molecule has 2 nitrogen and oxygen atoms in total. The summed E-state index contributed by atoms with van der Waals surface area (Å²) in [5.41, 5.74) is 3.29. The van der Waals surface area contributed by atoms with Crippen LogP contribution < -0.4 is 0 Å². The molecule has 3 rings (SSSR count). The molecule has 0 unspecified atom stereocenters. The fraction of sp³-hybridized carbons (Fsp3) is 0.238. The molecule has 1 heterocycles. The predicted octanol–water partition coefficient (Wildman–Crippen LogP) is 5.59. The van der Waals surface area contributed by atoms with Crippen molar-refractivity contribution in [1.82, 2.24) is 0 Å². The molecule has 1 aliphatic heterocycles. The Morgan fingerprint density at radius 1 is 1.12 bits per heavy atom. The molecule has 0 aliphatic carbocycles. The molecule has 1 aliphatic rings. The van der Waals surface area contributed by atoms with Gasteiger partial charge in [0, 0.05) is 17.2 Å². The van der Waals surface area contributed by atoms with E-state index in [4.69, 9.17) is 0 Å². The summed E-state index contributed by atoms with van der Waals surface area (Å²) in [6.07, 6.45) is 0.370. The maximum atomic E-state index is 12.9. The zero-order valence-corrected chi connectivity index (χ0v) is 16.0. The first-order chi connectivity index (χ1) is 12.1. The van der Waals surface area contributed by atoms with E-state index in [0.717, 1.165) is 15.6 Å². The lowest BCUT2D eigenvalue weighted by molar-refractivity contribution is -0.115. The normalized spacial score (nSPS) is 17.7. The van der Waals surface area contributed by atoms with Gasteiger partial charge in [-0.25, -0.2) is 0 Å². The van der Waals surface area contributed by atoms with Gasteiger partial charge in [0.2, 0.25) is 0 Å². The molecule has 1 atom stereocenters. The smallest absolute Gasteiger partial charge is 0.198 e. The zero-order valence-electron chi connectivity index (χ0n) is 14.3. The highest BCUT2D eigenvalue weighted by Crippen LogP contribution is 2.48. The van der Waals surface area contributed by atoms with Crippen LogP contribution in [0.1, 0.15) is 40.1 Å². The highest BCUT2D eigenvalue weighted by atomic mass is 32.2. The molecule has 0 radical (unpaired) electrons. The highest BCUT2D eigenvalue weighted by Gasteiger charge is 2.33. The molecule has 0 bridgehead atoms. The van der Waals surface area contributed by atoms with Gasteiger partial charge in [-0.05, 0) is 18.2 Å². The van der Waals surface area contributed by atoms with Crippen LogP contribution in [0.3, 0.4) is 0 Å². The molecule has 128 valence electrons. The Kier molecular flexibility index (Phi) is 5.82. The molecule has 2 aromatic carbocycles. The molecule has 25 heavy (non-hydrogen) atoms. The van der Waals surface area contributed by atoms with Crippen molar-refractivity contribution in [2.45, 2.75) is 25.5 Å². The van der Waals surface area contributed by atoms with Gasteiger partial charge in [0.25, 0.3) is 0 Å². The average Bonchev–Trinajstić information content (AvgIpc) is 2.62. The number of Topliss-reactive ketones (excluding diaryl/α,β-unsaturated/α-hetero) is 2. The molecule has 0 fully saturated rings. The number of hydrogen-bond donors (Lipinski definition) is 0. The van der Waals surface area contributed by atoms with E-state index in [9.17, 15) is 9.59 Å². The van der Waals surface area contributed by atoms with Crippen molar-refractivity contribution < 1.29 is 9.59 Å². The third kappa shape index (κ3) is 4.07. The van der Waals surface area contributed by atoms with Crippen LogP contribution in [0.4, 0.5) is 0 Å². The maximum absolute atomic E-state index is 12.9. The Bertz CT molecular complexity index is 808. The van der Waals surface area contributed by atoms with Gasteiger partial charge >= 0.3 is 0 Å². The van der Waals surface area contributed by atoms with Gasteiger partial charge in [-0.15, -0.1) is 23.5 Å². The van der Waals surface area contributed by atoms with E-state index in [1.807, 2.05) is 25.1 Å². The number of benzene rings is 2. The Balaban J connectivity index is 1.95. The monoisotopic (exact) mass is 368 g/mol. The van der Waals surface area contributed by atoms with Gasteiger partial charge in [0.05, 0.1) is 9.81 Å². The Labute approximate surface area is 157 Å². The minimum absolute atomic E-state index is 0.0471. The quantitative estimate of drug-likeness (QED) is 0.509. The Morgan fingerprint density at radius 2 is 1.80 bits per heavy atom. The van der Waals surface area contributed by atoms with Gasteiger partial charge < -0.3 is 0 Å². The van der Waals surface area contributed by atoms with E-state index in [0.29, 0.717) is 17.6 Å². The van der Waals surface area contributed by atoms with Crippen LogP contribution in [0.2, 0.25) is 0 Å². The second kappa shape index (κ2) is 8.07. The Morgan fingerprint density at radius 3 is 2.44 bits per heavy atom. The van der Waals surface area contributed by atoms with Gasteiger partial charge in [-0.2, -0.15) is 0 Å². The van der Waals surface area contributed by atoms with Crippen LogP contribution in [-0.4, -0.2) is 17.3 Å². The molecule has 4 heteroatoms. The van der Waals surface area contributed by atoms with Crippen molar-refractivity contribution in [2.75, 3.05) is 5.75 Å². The molecule has 0 amide bonds. The largest absolute Gasteiger partial charge is 0.294 e. The topological polar surface area (TPSA) is 34.1 Å². The van der Waals surface area contributed by atoms with Gasteiger partial charge in [-0.1, -0.05) is 67.1 Å². The third-order valence-corrected chi connectivity index (χ3v) is 6.63. The molecule has 0 aromatic heterocycles. The van der Waals surface area contributed by atoms with Crippen molar-refractivity contribution in [3.63, 3.8) is 0 Å².